The van der Waals surface area contributed by atoms with Gasteiger partial charge in [0, 0.05) is 17.1 Å². The summed E-state index contributed by atoms with van der Waals surface area (Å²) in [5.74, 6) is -0.0450. The first-order valence-electron chi connectivity index (χ1n) is 6.43. The molecule has 100 valence electrons. The lowest BCUT2D eigenvalue weighted by atomic mass is 10.3. The minimum absolute atomic E-state index is 0.0450. The van der Waals surface area contributed by atoms with Crippen LogP contribution < -0.4 is 11.1 Å². The lowest BCUT2D eigenvalue weighted by Crippen LogP contribution is -2.25. The molecule has 3 N–H and O–H groups in total. The van der Waals surface area contributed by atoms with Crippen molar-refractivity contribution in [2.45, 2.75) is 32.4 Å². The summed E-state index contributed by atoms with van der Waals surface area (Å²) in [6.45, 7) is 2.64. The Morgan fingerprint density at radius 3 is 3.00 bits per heavy atom. The molecule has 0 aromatic carbocycles. The topological polar surface area (TPSA) is 60.1 Å². The maximum atomic E-state index is 12.2. The Kier molecular flexibility index (Phi) is 3.06. The summed E-state index contributed by atoms with van der Waals surface area (Å²) >= 11 is 1.67. The Bertz CT molecular complexity index is 610. The highest BCUT2D eigenvalue weighted by Gasteiger charge is 2.27. The van der Waals surface area contributed by atoms with Gasteiger partial charge in [0.2, 0.25) is 0 Å². The van der Waals surface area contributed by atoms with Crippen LogP contribution in [0.15, 0.2) is 23.7 Å². The van der Waals surface area contributed by atoms with E-state index in [1.54, 1.807) is 17.4 Å². The first kappa shape index (κ1) is 12.3. The number of hydrogen-bond acceptors (Lipinski definition) is 3. The molecule has 4 nitrogen and oxygen atoms in total. The Balaban J connectivity index is 1.72. The van der Waals surface area contributed by atoms with Crippen LogP contribution in [0.1, 0.15) is 39.8 Å². The number of hydrogen-bond donors (Lipinski definition) is 2. The summed E-state index contributed by atoms with van der Waals surface area (Å²) in [6.07, 6.45) is 4.14. The molecule has 2 aromatic heterocycles. The van der Waals surface area contributed by atoms with E-state index in [1.165, 1.54) is 10.4 Å². The number of rotatable bonds is 4. The normalized spacial score (nSPS) is 14.6. The molecule has 1 amide bonds. The Morgan fingerprint density at radius 2 is 2.37 bits per heavy atom. The maximum Gasteiger partial charge on any atom is 0.268 e. The molecule has 0 unspecified atom stereocenters. The minimum Gasteiger partial charge on any atom is -0.397 e. The summed E-state index contributed by atoms with van der Waals surface area (Å²) < 4.78 is 2.01. The van der Waals surface area contributed by atoms with Gasteiger partial charge in [-0.2, -0.15) is 0 Å². The highest BCUT2D eigenvalue weighted by molar-refractivity contribution is 7.10. The molecule has 2 heterocycles. The fourth-order valence-electron chi connectivity index (χ4n) is 2.17. The van der Waals surface area contributed by atoms with E-state index in [9.17, 15) is 4.79 Å². The van der Waals surface area contributed by atoms with Gasteiger partial charge in [-0.05, 0) is 42.8 Å². The standard InChI is InChI=1S/C14H17N3OS/c1-9-4-5-19-13(9)7-16-14(18)12-6-10(15)8-17(12)11-2-3-11/h4-6,8,11H,2-3,7,15H2,1H3,(H,16,18). The van der Waals surface area contributed by atoms with E-state index < -0.39 is 0 Å². The predicted molar refractivity (Wildman–Crippen MR) is 77.3 cm³/mol. The van der Waals surface area contributed by atoms with Crippen LogP contribution in [0, 0.1) is 6.92 Å². The molecule has 1 saturated carbocycles. The van der Waals surface area contributed by atoms with Gasteiger partial charge < -0.3 is 15.6 Å². The molecule has 0 spiro atoms. The zero-order valence-corrected chi connectivity index (χ0v) is 11.7. The van der Waals surface area contributed by atoms with Gasteiger partial charge in [0.1, 0.15) is 5.69 Å². The van der Waals surface area contributed by atoms with Crippen molar-refractivity contribution >= 4 is 22.9 Å². The lowest BCUT2D eigenvalue weighted by Gasteiger charge is -2.08. The van der Waals surface area contributed by atoms with Gasteiger partial charge in [0.15, 0.2) is 0 Å². The first-order chi connectivity index (χ1) is 9.15. The molecule has 5 heteroatoms. The van der Waals surface area contributed by atoms with E-state index in [2.05, 4.69) is 18.3 Å². The Labute approximate surface area is 116 Å². The summed E-state index contributed by atoms with van der Waals surface area (Å²) in [5.41, 5.74) is 8.36. The Hall–Kier alpha value is -1.75. The Morgan fingerprint density at radius 1 is 1.58 bits per heavy atom. The molecule has 0 saturated heterocycles. The summed E-state index contributed by atoms with van der Waals surface area (Å²) in [7, 11) is 0. The number of carbonyl (C=O) groups excluding carboxylic acids is 1. The maximum absolute atomic E-state index is 12.2. The number of carbonyl (C=O) groups is 1. The second-order valence-corrected chi connectivity index (χ2v) is 6.01. The van der Waals surface area contributed by atoms with E-state index in [0.717, 1.165) is 12.8 Å². The molecule has 1 fully saturated rings. The first-order valence-corrected chi connectivity index (χ1v) is 7.31. The third kappa shape index (κ3) is 2.51. The van der Waals surface area contributed by atoms with E-state index in [4.69, 9.17) is 5.73 Å². The molecule has 1 aliphatic carbocycles. The lowest BCUT2D eigenvalue weighted by molar-refractivity contribution is 0.0942. The number of aryl methyl sites for hydroxylation is 1. The van der Waals surface area contributed by atoms with Crippen molar-refractivity contribution in [3.8, 4) is 0 Å². The largest absolute Gasteiger partial charge is 0.397 e. The van der Waals surface area contributed by atoms with Gasteiger partial charge in [-0.15, -0.1) is 11.3 Å². The van der Waals surface area contributed by atoms with Gasteiger partial charge >= 0.3 is 0 Å². The third-order valence-corrected chi connectivity index (χ3v) is 4.44. The van der Waals surface area contributed by atoms with Gasteiger partial charge in [-0.25, -0.2) is 0 Å². The number of nitrogens with zero attached hydrogens (tertiary/aromatic N) is 1. The summed E-state index contributed by atoms with van der Waals surface area (Å²) in [4.78, 5) is 13.4. The molecular formula is C14H17N3OS. The van der Waals surface area contributed by atoms with Crippen molar-refractivity contribution in [1.82, 2.24) is 9.88 Å². The second kappa shape index (κ2) is 4.74. The SMILES string of the molecule is Cc1ccsc1CNC(=O)c1cc(N)cn1C1CC1. The number of anilines is 1. The molecule has 0 bridgehead atoms. The fourth-order valence-corrected chi connectivity index (χ4v) is 3.02. The van der Waals surface area contributed by atoms with Crippen molar-refractivity contribution in [3.05, 3.63) is 39.8 Å². The van der Waals surface area contributed by atoms with Crippen LogP contribution in [0.5, 0.6) is 0 Å². The average Bonchev–Trinajstić information content (AvgIpc) is 3.04. The molecule has 0 radical (unpaired) electrons. The van der Waals surface area contributed by atoms with Gasteiger partial charge in [0.05, 0.1) is 12.2 Å². The number of nitrogens with two attached hydrogens (primary N) is 1. The smallest absolute Gasteiger partial charge is 0.268 e. The number of nitrogen functional groups attached to an aromatic ring is 1. The second-order valence-electron chi connectivity index (χ2n) is 5.01. The zero-order chi connectivity index (χ0) is 13.4. The quantitative estimate of drug-likeness (QED) is 0.901. The zero-order valence-electron chi connectivity index (χ0n) is 10.8. The molecule has 0 atom stereocenters. The molecule has 3 rings (SSSR count). The van der Waals surface area contributed by atoms with E-state index in [0.29, 0.717) is 24.0 Å². The number of amides is 1. The van der Waals surface area contributed by atoms with Crippen LogP contribution in [-0.2, 0) is 6.54 Å². The number of aromatic nitrogens is 1. The van der Waals surface area contributed by atoms with Crippen LogP contribution in [-0.4, -0.2) is 10.5 Å². The van der Waals surface area contributed by atoms with E-state index in [-0.39, 0.29) is 5.91 Å². The van der Waals surface area contributed by atoms with Crippen LogP contribution >= 0.6 is 11.3 Å². The average molecular weight is 275 g/mol. The van der Waals surface area contributed by atoms with Gasteiger partial charge in [0.25, 0.3) is 5.91 Å². The number of nitrogens with one attached hydrogen (secondary N) is 1. The molecule has 2 aromatic rings. The van der Waals surface area contributed by atoms with Crippen molar-refractivity contribution in [2.24, 2.45) is 0 Å². The minimum atomic E-state index is -0.0450. The van der Waals surface area contributed by atoms with Crippen molar-refractivity contribution in [2.75, 3.05) is 5.73 Å². The molecule has 0 aliphatic heterocycles. The highest BCUT2D eigenvalue weighted by atomic mass is 32.1. The van der Waals surface area contributed by atoms with Crippen molar-refractivity contribution < 1.29 is 4.79 Å². The fraction of sp³-hybridized carbons (Fsp3) is 0.357. The van der Waals surface area contributed by atoms with Crippen LogP contribution in [0.4, 0.5) is 5.69 Å². The van der Waals surface area contributed by atoms with Crippen LogP contribution in [0.25, 0.3) is 0 Å². The van der Waals surface area contributed by atoms with Crippen molar-refractivity contribution in [1.29, 1.82) is 0 Å². The predicted octanol–water partition coefficient (Wildman–Crippen LogP) is 2.71. The summed E-state index contributed by atoms with van der Waals surface area (Å²) in [5, 5.41) is 5.02. The van der Waals surface area contributed by atoms with E-state index in [1.807, 2.05) is 16.1 Å². The van der Waals surface area contributed by atoms with Gasteiger partial charge in [-0.3, -0.25) is 4.79 Å². The monoisotopic (exact) mass is 275 g/mol. The number of thiophene rings is 1. The molecule has 1 aliphatic rings. The van der Waals surface area contributed by atoms with Crippen LogP contribution in [0.3, 0.4) is 0 Å². The highest BCUT2D eigenvalue weighted by Crippen LogP contribution is 2.37. The molecular weight excluding hydrogens is 258 g/mol. The molecule has 19 heavy (non-hydrogen) atoms. The summed E-state index contributed by atoms with van der Waals surface area (Å²) in [6, 6.07) is 4.29. The van der Waals surface area contributed by atoms with E-state index >= 15 is 0 Å². The van der Waals surface area contributed by atoms with Crippen molar-refractivity contribution in [3.63, 3.8) is 0 Å². The third-order valence-electron chi connectivity index (χ3n) is 3.42. The van der Waals surface area contributed by atoms with Gasteiger partial charge in [-0.1, -0.05) is 0 Å². The van der Waals surface area contributed by atoms with Crippen LogP contribution in [0.2, 0.25) is 0 Å².